The third kappa shape index (κ3) is 3.95. The maximum atomic E-state index is 12.8. The molecule has 13 heteroatoms. The van der Waals surface area contributed by atoms with Crippen LogP contribution in [0.5, 0.6) is 6.01 Å². The first kappa shape index (κ1) is 22.2. The Labute approximate surface area is 176 Å². The summed E-state index contributed by atoms with van der Waals surface area (Å²) in [5.74, 6) is -2.69. The molecule has 2 aliphatic rings. The highest BCUT2D eigenvalue weighted by Gasteiger charge is 2.56. The number of anilines is 2. The molecule has 0 spiro atoms. The van der Waals surface area contributed by atoms with E-state index in [1.165, 1.54) is 27.9 Å². The fraction of sp³-hybridized carbons (Fsp3) is 0.556. The van der Waals surface area contributed by atoms with E-state index >= 15 is 0 Å². The molecule has 0 aromatic carbocycles. The molecule has 4 atom stereocenters. The van der Waals surface area contributed by atoms with Gasteiger partial charge in [-0.15, -0.1) is 0 Å². The molecule has 1 aromatic heterocycles. The van der Waals surface area contributed by atoms with Crippen molar-refractivity contribution >= 4 is 35.3 Å². The number of nitrogens with zero attached hydrogens (tertiary/aromatic N) is 3. The second-order valence-corrected chi connectivity index (χ2v) is 6.96. The molecular weight excluding hydrogens is 416 g/mol. The number of aromatic amines is 1. The van der Waals surface area contributed by atoms with Gasteiger partial charge in [-0.2, -0.15) is 4.98 Å². The number of carbonyl (C=O) groups excluding carboxylic acids is 4. The molecule has 0 bridgehead atoms. The van der Waals surface area contributed by atoms with E-state index < -0.39 is 53.8 Å². The van der Waals surface area contributed by atoms with Crippen LogP contribution in [0.2, 0.25) is 0 Å². The first-order valence-electron chi connectivity index (χ1n) is 9.30. The zero-order valence-corrected chi connectivity index (χ0v) is 17.5. The number of methoxy groups -OCH3 is 1. The van der Waals surface area contributed by atoms with E-state index in [1.807, 2.05) is 0 Å². The second-order valence-electron chi connectivity index (χ2n) is 6.96. The summed E-state index contributed by atoms with van der Waals surface area (Å²) in [4.78, 5) is 70.1. The number of nitrogens with one attached hydrogen (secondary N) is 1. The lowest BCUT2D eigenvalue weighted by Gasteiger charge is -2.51. The second kappa shape index (κ2) is 8.34. The minimum atomic E-state index is -1.22. The Morgan fingerprint density at radius 3 is 2.16 bits per heavy atom. The molecule has 1 saturated heterocycles. The Bertz CT molecular complexity index is 991. The lowest BCUT2D eigenvalue weighted by molar-refractivity contribution is -0.193. The van der Waals surface area contributed by atoms with E-state index in [-0.39, 0.29) is 24.1 Å². The molecule has 0 aliphatic carbocycles. The van der Waals surface area contributed by atoms with Crippen molar-refractivity contribution in [1.29, 1.82) is 0 Å². The molecule has 1 aromatic rings. The van der Waals surface area contributed by atoms with Crippen LogP contribution in [0.15, 0.2) is 4.79 Å². The van der Waals surface area contributed by atoms with Gasteiger partial charge in [0.15, 0.2) is 29.9 Å². The molecule has 1 N–H and O–H groups in total. The molecule has 3 rings (SSSR count). The summed E-state index contributed by atoms with van der Waals surface area (Å²) < 4.78 is 21.4. The van der Waals surface area contributed by atoms with E-state index in [0.717, 1.165) is 16.7 Å². The minimum Gasteiger partial charge on any atom is -0.468 e. The summed E-state index contributed by atoms with van der Waals surface area (Å²) in [5.41, 5.74) is -1.02. The average molecular weight is 438 g/mol. The standard InChI is InChI=1S/C18H22N4O9/c1-7(23)21-12-14(31-10(4)26)11(30-9(3)25)6-29-17(12)22(8(2)24)15-13(21)16(27)20-18(19-15)28-5/h11-12,14,17H,6H2,1-5H3,(H,19,20,27)/t11-,12-,14-,17+/m0/s1. The number of hydrogen-bond acceptors (Lipinski definition) is 10. The fourth-order valence-corrected chi connectivity index (χ4v) is 3.80. The molecule has 31 heavy (non-hydrogen) atoms. The van der Waals surface area contributed by atoms with Gasteiger partial charge in [0, 0.05) is 27.7 Å². The van der Waals surface area contributed by atoms with Gasteiger partial charge in [-0.3, -0.25) is 38.8 Å². The van der Waals surface area contributed by atoms with Crippen molar-refractivity contribution in [3.63, 3.8) is 0 Å². The maximum Gasteiger partial charge on any atom is 0.303 e. The highest BCUT2D eigenvalue weighted by Crippen LogP contribution is 2.40. The van der Waals surface area contributed by atoms with Crippen LogP contribution in [-0.4, -0.2) is 71.9 Å². The SMILES string of the molecule is COc1nc2c(c(=O)[nH]1)N(C(C)=O)[C@H]1[C@@H](OC(C)=O)[C@@H](OC(C)=O)CO[C@H]1N2C(C)=O. The highest BCUT2D eigenvalue weighted by molar-refractivity contribution is 6.02. The van der Waals surface area contributed by atoms with Crippen LogP contribution < -0.4 is 20.1 Å². The minimum absolute atomic E-state index is 0.155. The molecule has 1 fully saturated rings. The maximum absolute atomic E-state index is 12.8. The van der Waals surface area contributed by atoms with Crippen molar-refractivity contribution in [3.05, 3.63) is 10.4 Å². The van der Waals surface area contributed by atoms with Gasteiger partial charge in [0.1, 0.15) is 6.04 Å². The van der Waals surface area contributed by atoms with Crippen molar-refractivity contribution in [2.75, 3.05) is 23.5 Å². The topological polar surface area (TPSA) is 157 Å². The van der Waals surface area contributed by atoms with Gasteiger partial charge in [0.25, 0.3) is 11.6 Å². The number of carbonyl (C=O) groups is 4. The number of amides is 2. The number of esters is 2. The van der Waals surface area contributed by atoms with E-state index in [9.17, 15) is 24.0 Å². The average Bonchev–Trinajstić information content (AvgIpc) is 2.66. The van der Waals surface area contributed by atoms with Crippen LogP contribution in [0, 0.1) is 0 Å². The number of H-pyrrole nitrogens is 1. The van der Waals surface area contributed by atoms with Crippen LogP contribution in [0.1, 0.15) is 27.7 Å². The molecule has 0 saturated carbocycles. The Hall–Kier alpha value is -3.48. The zero-order chi connectivity index (χ0) is 23.0. The van der Waals surface area contributed by atoms with Crippen molar-refractivity contribution in [3.8, 4) is 6.01 Å². The number of ether oxygens (including phenoxy) is 4. The van der Waals surface area contributed by atoms with Gasteiger partial charge >= 0.3 is 11.9 Å². The van der Waals surface area contributed by atoms with E-state index in [2.05, 4.69) is 9.97 Å². The lowest BCUT2D eigenvalue weighted by Crippen LogP contribution is -2.71. The largest absolute Gasteiger partial charge is 0.468 e. The molecule has 2 amide bonds. The van der Waals surface area contributed by atoms with Gasteiger partial charge in [0.2, 0.25) is 11.8 Å². The molecule has 0 radical (unpaired) electrons. The molecule has 0 unspecified atom stereocenters. The van der Waals surface area contributed by atoms with Crippen molar-refractivity contribution in [2.24, 2.45) is 0 Å². The number of fused-ring (bicyclic) bond motifs is 2. The predicted molar refractivity (Wildman–Crippen MR) is 102 cm³/mol. The molecule has 2 aliphatic heterocycles. The number of rotatable bonds is 3. The first-order valence-corrected chi connectivity index (χ1v) is 9.30. The Kier molecular flexibility index (Phi) is 5.97. The van der Waals surface area contributed by atoms with Crippen LogP contribution in [0.3, 0.4) is 0 Å². The zero-order valence-electron chi connectivity index (χ0n) is 17.5. The lowest BCUT2D eigenvalue weighted by atomic mass is 9.95. The first-order chi connectivity index (χ1) is 14.6. The molecule has 13 nitrogen and oxygen atoms in total. The predicted octanol–water partition coefficient (Wildman–Crippen LogP) is -0.914. The fourth-order valence-electron chi connectivity index (χ4n) is 3.80. The Morgan fingerprint density at radius 1 is 1.03 bits per heavy atom. The quantitative estimate of drug-likeness (QED) is 0.586. The molecule has 3 heterocycles. The molecular formula is C18H22N4O9. The third-order valence-electron chi connectivity index (χ3n) is 4.79. The van der Waals surface area contributed by atoms with Crippen molar-refractivity contribution in [2.45, 2.75) is 52.2 Å². The highest BCUT2D eigenvalue weighted by atomic mass is 16.6. The van der Waals surface area contributed by atoms with Gasteiger partial charge < -0.3 is 18.9 Å². The van der Waals surface area contributed by atoms with E-state index in [4.69, 9.17) is 18.9 Å². The summed E-state index contributed by atoms with van der Waals surface area (Å²) in [5, 5.41) is 0. The molecule has 168 valence electrons. The smallest absolute Gasteiger partial charge is 0.303 e. The van der Waals surface area contributed by atoms with Gasteiger partial charge in [-0.05, 0) is 0 Å². The third-order valence-corrected chi connectivity index (χ3v) is 4.79. The van der Waals surface area contributed by atoms with Crippen molar-refractivity contribution < 1.29 is 38.1 Å². The number of aromatic nitrogens is 2. The van der Waals surface area contributed by atoms with Gasteiger partial charge in [-0.1, -0.05) is 0 Å². The summed E-state index contributed by atoms with van der Waals surface area (Å²) >= 11 is 0. The van der Waals surface area contributed by atoms with Crippen LogP contribution in [0.4, 0.5) is 11.5 Å². The van der Waals surface area contributed by atoms with Crippen LogP contribution in [-0.2, 0) is 33.4 Å². The van der Waals surface area contributed by atoms with E-state index in [0.29, 0.717) is 0 Å². The van der Waals surface area contributed by atoms with Crippen molar-refractivity contribution in [1.82, 2.24) is 9.97 Å². The number of hydrogen-bond donors (Lipinski definition) is 1. The van der Waals surface area contributed by atoms with Crippen LogP contribution >= 0.6 is 0 Å². The monoisotopic (exact) mass is 438 g/mol. The van der Waals surface area contributed by atoms with Gasteiger partial charge in [0.05, 0.1) is 13.7 Å². The summed E-state index contributed by atoms with van der Waals surface area (Å²) in [7, 11) is 1.27. The normalized spacial score (nSPS) is 24.5. The van der Waals surface area contributed by atoms with Crippen LogP contribution in [0.25, 0.3) is 0 Å². The summed E-state index contributed by atoms with van der Waals surface area (Å²) in [6.45, 7) is 4.49. The summed E-state index contributed by atoms with van der Waals surface area (Å²) in [6, 6.07) is -1.37. The summed E-state index contributed by atoms with van der Waals surface area (Å²) in [6.07, 6.45) is -3.48. The van der Waals surface area contributed by atoms with Gasteiger partial charge in [-0.25, -0.2) is 0 Å². The van der Waals surface area contributed by atoms with E-state index in [1.54, 1.807) is 0 Å². The Morgan fingerprint density at radius 2 is 1.65 bits per heavy atom. The Balaban J connectivity index is 2.26.